The molecular weight excluding hydrogens is 428 g/mol. The highest BCUT2D eigenvalue weighted by atomic mass is 32.2. The number of carbonyl (C=O) groups excluding carboxylic acids is 1. The predicted octanol–water partition coefficient (Wildman–Crippen LogP) is 3.51. The first-order valence-corrected chi connectivity index (χ1v) is 12.9. The average Bonchev–Trinajstić information content (AvgIpc) is 3.48. The molecule has 0 bridgehead atoms. The second kappa shape index (κ2) is 9.31. The van der Waals surface area contributed by atoms with E-state index in [-0.39, 0.29) is 18.0 Å². The third-order valence-corrected chi connectivity index (χ3v) is 8.37. The molecular formula is C23H32N4O4S. The maximum atomic E-state index is 13.5. The number of nitrogens with zero attached hydrogens (tertiary/aromatic N) is 3. The number of rotatable bonds is 8. The maximum Gasteiger partial charge on any atom is 0.273 e. The minimum Gasteiger partial charge on any atom is -0.360 e. The first-order chi connectivity index (χ1) is 15.3. The molecule has 0 spiro atoms. The minimum atomic E-state index is -3.66. The summed E-state index contributed by atoms with van der Waals surface area (Å²) in [5.74, 6) is 1.37. The summed E-state index contributed by atoms with van der Waals surface area (Å²) >= 11 is 0. The lowest BCUT2D eigenvalue weighted by molar-refractivity contribution is 0.0905. The number of aryl methyl sites for hydroxylation is 1. The first-order valence-electron chi connectivity index (χ1n) is 11.5. The molecule has 0 radical (unpaired) electrons. The van der Waals surface area contributed by atoms with Gasteiger partial charge in [-0.1, -0.05) is 19.0 Å². The van der Waals surface area contributed by atoms with E-state index in [0.29, 0.717) is 53.9 Å². The highest BCUT2D eigenvalue weighted by Gasteiger charge is 2.37. The van der Waals surface area contributed by atoms with Crippen LogP contribution in [0.5, 0.6) is 0 Å². The Labute approximate surface area is 189 Å². The Morgan fingerprint density at radius 2 is 2.09 bits per heavy atom. The summed E-state index contributed by atoms with van der Waals surface area (Å²) in [5, 5.41) is 6.89. The lowest BCUT2D eigenvalue weighted by atomic mass is 10.0. The molecule has 2 atom stereocenters. The molecule has 174 valence electrons. The lowest BCUT2D eigenvalue weighted by Gasteiger charge is -2.37. The number of carbonyl (C=O) groups is 1. The number of pyridine rings is 1. The monoisotopic (exact) mass is 460 g/mol. The van der Waals surface area contributed by atoms with Gasteiger partial charge in [-0.05, 0) is 63.5 Å². The standard InChI is InChI=1S/C23H32N4O4S/c1-15(2)6-9-19-22(5-4-11-24-19)32(29,30)27-12-10-18(13-16(27)3)25-23(28)20-14-21(31-26-20)17-7-8-17/h4-5,11,14-18H,6-10,12-13H2,1-3H3,(H,25,28)/t16-,18-/m0/s1. The van der Waals surface area contributed by atoms with Gasteiger partial charge in [-0.3, -0.25) is 9.78 Å². The van der Waals surface area contributed by atoms with E-state index in [2.05, 4.69) is 29.3 Å². The number of aromatic nitrogens is 2. The summed E-state index contributed by atoms with van der Waals surface area (Å²) in [6.07, 6.45) is 6.42. The van der Waals surface area contributed by atoms with Gasteiger partial charge in [-0.15, -0.1) is 0 Å². The van der Waals surface area contributed by atoms with Crippen molar-refractivity contribution in [1.29, 1.82) is 0 Å². The Balaban J connectivity index is 1.41. The highest BCUT2D eigenvalue weighted by Crippen LogP contribution is 2.40. The van der Waals surface area contributed by atoms with Crippen molar-refractivity contribution in [3.05, 3.63) is 41.5 Å². The quantitative estimate of drug-likeness (QED) is 0.646. The van der Waals surface area contributed by atoms with Crippen molar-refractivity contribution in [3.63, 3.8) is 0 Å². The van der Waals surface area contributed by atoms with Gasteiger partial charge >= 0.3 is 0 Å². The summed E-state index contributed by atoms with van der Waals surface area (Å²) < 4.78 is 33.7. The Bertz CT molecular complexity index is 1060. The normalized spacial score (nSPS) is 22.2. The topological polar surface area (TPSA) is 105 Å². The number of sulfonamides is 1. The van der Waals surface area contributed by atoms with Crippen LogP contribution in [0.2, 0.25) is 0 Å². The Kier molecular flexibility index (Phi) is 6.67. The number of nitrogens with one attached hydrogen (secondary N) is 1. The summed E-state index contributed by atoms with van der Waals surface area (Å²) in [4.78, 5) is 17.2. The second-order valence-corrected chi connectivity index (χ2v) is 11.3. The molecule has 32 heavy (non-hydrogen) atoms. The van der Waals surface area contributed by atoms with Gasteiger partial charge in [0.1, 0.15) is 10.7 Å². The van der Waals surface area contributed by atoms with Crippen molar-refractivity contribution in [2.24, 2.45) is 5.92 Å². The lowest BCUT2D eigenvalue weighted by Crippen LogP contribution is -2.51. The average molecular weight is 461 g/mol. The molecule has 1 N–H and O–H groups in total. The van der Waals surface area contributed by atoms with Gasteiger partial charge < -0.3 is 9.84 Å². The summed E-state index contributed by atoms with van der Waals surface area (Å²) in [6.45, 7) is 6.47. The molecule has 3 heterocycles. The van der Waals surface area contributed by atoms with E-state index in [9.17, 15) is 13.2 Å². The van der Waals surface area contributed by atoms with Gasteiger partial charge in [0.2, 0.25) is 10.0 Å². The van der Waals surface area contributed by atoms with Crippen LogP contribution < -0.4 is 5.32 Å². The smallest absolute Gasteiger partial charge is 0.273 e. The molecule has 9 heteroatoms. The number of amides is 1. The third kappa shape index (κ3) is 5.04. The molecule has 4 rings (SSSR count). The molecule has 1 aliphatic heterocycles. The Morgan fingerprint density at radius 1 is 1.31 bits per heavy atom. The van der Waals surface area contributed by atoms with E-state index in [1.165, 1.54) is 0 Å². The van der Waals surface area contributed by atoms with E-state index >= 15 is 0 Å². The molecule has 1 saturated carbocycles. The fourth-order valence-corrected chi connectivity index (χ4v) is 6.11. The zero-order valence-electron chi connectivity index (χ0n) is 19.0. The maximum absolute atomic E-state index is 13.5. The van der Waals surface area contributed by atoms with Gasteiger partial charge in [0.15, 0.2) is 5.69 Å². The zero-order chi connectivity index (χ0) is 22.9. The highest BCUT2D eigenvalue weighted by molar-refractivity contribution is 7.89. The van der Waals surface area contributed by atoms with Crippen LogP contribution in [0.25, 0.3) is 0 Å². The number of hydrogen-bond donors (Lipinski definition) is 1. The van der Waals surface area contributed by atoms with Crippen LogP contribution in [0.15, 0.2) is 33.8 Å². The van der Waals surface area contributed by atoms with Crippen molar-refractivity contribution in [3.8, 4) is 0 Å². The van der Waals surface area contributed by atoms with Crippen LogP contribution in [0.3, 0.4) is 0 Å². The van der Waals surface area contributed by atoms with E-state index in [0.717, 1.165) is 25.0 Å². The van der Waals surface area contributed by atoms with Crippen molar-refractivity contribution in [2.75, 3.05) is 6.54 Å². The molecule has 0 aromatic carbocycles. The predicted molar refractivity (Wildman–Crippen MR) is 120 cm³/mol. The van der Waals surface area contributed by atoms with Gasteiger partial charge in [0.25, 0.3) is 5.91 Å². The van der Waals surface area contributed by atoms with Gasteiger partial charge in [0, 0.05) is 36.8 Å². The van der Waals surface area contributed by atoms with Crippen LogP contribution in [-0.2, 0) is 16.4 Å². The van der Waals surface area contributed by atoms with E-state index in [4.69, 9.17) is 4.52 Å². The zero-order valence-corrected chi connectivity index (χ0v) is 19.8. The molecule has 1 saturated heterocycles. The number of piperidine rings is 1. The summed E-state index contributed by atoms with van der Waals surface area (Å²) in [6, 6.07) is 4.70. The molecule has 2 fully saturated rings. The van der Waals surface area contributed by atoms with Gasteiger partial charge in [-0.2, -0.15) is 4.31 Å². The minimum absolute atomic E-state index is 0.112. The Hall–Kier alpha value is -2.26. The van der Waals surface area contributed by atoms with E-state index in [1.54, 1.807) is 28.7 Å². The van der Waals surface area contributed by atoms with Crippen LogP contribution in [0.1, 0.15) is 80.7 Å². The largest absolute Gasteiger partial charge is 0.360 e. The molecule has 0 unspecified atom stereocenters. The fraction of sp³-hybridized carbons (Fsp3) is 0.609. The van der Waals surface area contributed by atoms with Crippen molar-refractivity contribution in [2.45, 2.75) is 82.2 Å². The first kappa shape index (κ1) is 22.9. The van der Waals surface area contributed by atoms with Crippen molar-refractivity contribution in [1.82, 2.24) is 19.8 Å². The van der Waals surface area contributed by atoms with Gasteiger partial charge in [-0.25, -0.2) is 8.42 Å². The third-order valence-electron chi connectivity index (χ3n) is 6.28. The van der Waals surface area contributed by atoms with Gasteiger partial charge in [0.05, 0.1) is 5.69 Å². The van der Waals surface area contributed by atoms with Crippen LogP contribution in [-0.4, -0.2) is 47.4 Å². The van der Waals surface area contributed by atoms with E-state index in [1.807, 2.05) is 6.92 Å². The SMILES string of the molecule is CC(C)CCc1ncccc1S(=O)(=O)N1CC[C@H](NC(=O)c2cc(C3CC3)on2)C[C@@H]1C. The Morgan fingerprint density at radius 3 is 2.78 bits per heavy atom. The van der Waals surface area contributed by atoms with Crippen LogP contribution >= 0.6 is 0 Å². The molecule has 1 amide bonds. The van der Waals surface area contributed by atoms with Crippen molar-refractivity contribution < 1.29 is 17.7 Å². The van der Waals surface area contributed by atoms with Crippen LogP contribution in [0, 0.1) is 5.92 Å². The van der Waals surface area contributed by atoms with Crippen molar-refractivity contribution >= 4 is 15.9 Å². The summed E-state index contributed by atoms with van der Waals surface area (Å²) in [5.41, 5.74) is 0.918. The molecule has 1 aliphatic carbocycles. The summed E-state index contributed by atoms with van der Waals surface area (Å²) in [7, 11) is -3.66. The fourth-order valence-electron chi connectivity index (χ4n) is 4.25. The molecule has 2 aliphatic rings. The van der Waals surface area contributed by atoms with Crippen LogP contribution in [0.4, 0.5) is 0 Å². The van der Waals surface area contributed by atoms with E-state index < -0.39 is 10.0 Å². The molecule has 8 nitrogen and oxygen atoms in total. The molecule has 2 aromatic rings. The molecule has 2 aromatic heterocycles. The second-order valence-electron chi connectivity index (χ2n) is 9.43. The number of hydrogen-bond acceptors (Lipinski definition) is 6.